The number of nitrogens with zero attached hydrogens (tertiary/aromatic N) is 3. The summed E-state index contributed by atoms with van der Waals surface area (Å²) in [6.07, 6.45) is 1.27. The number of morpholine rings is 1. The van der Waals surface area contributed by atoms with Crippen LogP contribution in [0.15, 0.2) is 33.9 Å². The molecule has 1 aromatic carbocycles. The third kappa shape index (κ3) is 5.95. The Bertz CT molecular complexity index is 937. The van der Waals surface area contributed by atoms with Crippen LogP contribution < -0.4 is 0 Å². The fourth-order valence-electron chi connectivity index (χ4n) is 3.72. The first kappa shape index (κ1) is 21.1. The van der Waals surface area contributed by atoms with E-state index in [9.17, 15) is 8.42 Å². The van der Waals surface area contributed by atoms with Crippen LogP contribution in [0.5, 0.6) is 0 Å². The molecule has 0 unspecified atom stereocenters. The predicted molar refractivity (Wildman–Crippen MR) is 112 cm³/mol. The van der Waals surface area contributed by atoms with Gasteiger partial charge in [-0.3, -0.25) is 4.90 Å². The van der Waals surface area contributed by atoms with Crippen molar-refractivity contribution in [3.8, 4) is 0 Å². The Hall–Kier alpha value is -1.13. The highest BCUT2D eigenvalue weighted by molar-refractivity contribution is 7.99. The minimum atomic E-state index is -2.89. The van der Waals surface area contributed by atoms with E-state index in [-0.39, 0.29) is 23.5 Å². The molecule has 158 valence electrons. The summed E-state index contributed by atoms with van der Waals surface area (Å²) in [6, 6.07) is 7.91. The summed E-state index contributed by atoms with van der Waals surface area (Å²) in [6.45, 7) is 3.18. The monoisotopic (exact) mass is 457 g/mol. The van der Waals surface area contributed by atoms with E-state index in [1.165, 1.54) is 11.8 Å². The average Bonchev–Trinajstić information content (AvgIpc) is 3.28. The molecule has 1 aromatic heterocycles. The van der Waals surface area contributed by atoms with Crippen LogP contribution >= 0.6 is 23.4 Å². The van der Waals surface area contributed by atoms with Gasteiger partial charge in [0.1, 0.15) is 0 Å². The number of aromatic nitrogens is 2. The molecular weight excluding hydrogens is 434 g/mol. The van der Waals surface area contributed by atoms with E-state index < -0.39 is 9.84 Å². The van der Waals surface area contributed by atoms with Crippen molar-refractivity contribution >= 4 is 33.2 Å². The zero-order valence-corrected chi connectivity index (χ0v) is 18.4. The maximum atomic E-state index is 11.6. The van der Waals surface area contributed by atoms with Gasteiger partial charge in [0.15, 0.2) is 9.84 Å². The molecule has 0 N–H and O–H groups in total. The summed E-state index contributed by atoms with van der Waals surface area (Å²) in [7, 11) is -2.89. The zero-order chi connectivity index (χ0) is 20.3. The molecule has 4 rings (SSSR count). The second-order valence-corrected chi connectivity index (χ2v) is 11.2. The lowest BCUT2D eigenvalue weighted by molar-refractivity contribution is -0.0187. The third-order valence-electron chi connectivity index (χ3n) is 5.21. The number of benzene rings is 1. The van der Waals surface area contributed by atoms with Crippen LogP contribution in [0.1, 0.15) is 17.9 Å². The minimum absolute atomic E-state index is 0.0755. The molecule has 0 amide bonds. The van der Waals surface area contributed by atoms with Crippen molar-refractivity contribution in [3.63, 3.8) is 0 Å². The highest BCUT2D eigenvalue weighted by Gasteiger charge is 2.29. The van der Waals surface area contributed by atoms with Gasteiger partial charge in [-0.1, -0.05) is 41.6 Å². The normalized spacial score (nSPS) is 24.7. The van der Waals surface area contributed by atoms with E-state index in [2.05, 4.69) is 21.2 Å². The molecule has 0 radical (unpaired) electrons. The van der Waals surface area contributed by atoms with Crippen LogP contribution in [0.4, 0.5) is 0 Å². The summed E-state index contributed by atoms with van der Waals surface area (Å²) < 4.78 is 34.7. The summed E-state index contributed by atoms with van der Waals surface area (Å²) in [5.74, 6) is 1.79. The highest BCUT2D eigenvalue weighted by Crippen LogP contribution is 2.25. The molecule has 0 spiro atoms. The smallest absolute Gasteiger partial charge is 0.276 e. The van der Waals surface area contributed by atoms with E-state index in [1.807, 2.05) is 18.2 Å². The Morgan fingerprint density at radius 2 is 2.14 bits per heavy atom. The second-order valence-electron chi connectivity index (χ2n) is 7.57. The fraction of sp³-hybridized carbons (Fsp3) is 0.579. The lowest BCUT2D eigenvalue weighted by Gasteiger charge is -2.32. The van der Waals surface area contributed by atoms with Gasteiger partial charge in [-0.25, -0.2) is 8.42 Å². The molecule has 7 nitrogen and oxygen atoms in total. The maximum Gasteiger partial charge on any atom is 0.276 e. The van der Waals surface area contributed by atoms with E-state index >= 15 is 0 Å². The van der Waals surface area contributed by atoms with Gasteiger partial charge < -0.3 is 9.15 Å². The molecule has 3 heterocycles. The van der Waals surface area contributed by atoms with Crippen molar-refractivity contribution in [1.82, 2.24) is 15.1 Å². The van der Waals surface area contributed by atoms with Gasteiger partial charge in [-0.15, -0.1) is 10.2 Å². The van der Waals surface area contributed by atoms with Crippen LogP contribution in [-0.2, 0) is 27.5 Å². The number of rotatable bonds is 7. The van der Waals surface area contributed by atoms with Crippen molar-refractivity contribution in [2.45, 2.75) is 30.7 Å². The third-order valence-corrected chi connectivity index (χ3v) is 8.36. The first-order valence-corrected chi connectivity index (χ1v) is 12.9. The van der Waals surface area contributed by atoms with Gasteiger partial charge in [0.05, 0.1) is 24.2 Å². The van der Waals surface area contributed by atoms with Crippen molar-refractivity contribution in [3.05, 3.63) is 40.7 Å². The average molecular weight is 458 g/mol. The molecule has 2 fully saturated rings. The van der Waals surface area contributed by atoms with Crippen molar-refractivity contribution < 1.29 is 17.6 Å². The number of ether oxygens (including phenoxy) is 1. The van der Waals surface area contributed by atoms with Crippen LogP contribution in [-0.4, -0.2) is 66.6 Å². The number of hydrogen-bond donors (Lipinski definition) is 0. The molecule has 2 atom stereocenters. The van der Waals surface area contributed by atoms with Crippen molar-refractivity contribution in [2.75, 3.05) is 37.0 Å². The Balaban J connectivity index is 1.25. The first-order valence-electron chi connectivity index (χ1n) is 9.70. The van der Waals surface area contributed by atoms with Crippen LogP contribution in [0.3, 0.4) is 0 Å². The largest absolute Gasteiger partial charge is 0.416 e. The number of thioether (sulfide) groups is 1. The zero-order valence-electron chi connectivity index (χ0n) is 16.0. The van der Waals surface area contributed by atoms with E-state index in [4.69, 9.17) is 20.8 Å². The summed E-state index contributed by atoms with van der Waals surface area (Å²) in [4.78, 5) is 2.34. The quantitative estimate of drug-likeness (QED) is 0.586. The lowest BCUT2D eigenvalue weighted by Crippen LogP contribution is -2.43. The van der Waals surface area contributed by atoms with E-state index in [0.29, 0.717) is 30.6 Å². The molecule has 29 heavy (non-hydrogen) atoms. The summed E-state index contributed by atoms with van der Waals surface area (Å²) in [5, 5.41) is 9.46. The molecule has 2 aromatic rings. The Morgan fingerprint density at radius 3 is 2.93 bits per heavy atom. The van der Waals surface area contributed by atoms with Crippen molar-refractivity contribution in [1.29, 1.82) is 0 Å². The highest BCUT2D eigenvalue weighted by atomic mass is 35.5. The number of hydrogen-bond acceptors (Lipinski definition) is 8. The van der Waals surface area contributed by atoms with Gasteiger partial charge >= 0.3 is 0 Å². The predicted octanol–water partition coefficient (Wildman–Crippen LogP) is 2.69. The second kappa shape index (κ2) is 9.34. The van der Waals surface area contributed by atoms with Gasteiger partial charge in [-0.2, -0.15) is 0 Å². The first-order chi connectivity index (χ1) is 14.0. The van der Waals surface area contributed by atoms with Crippen LogP contribution in [0, 0.1) is 5.92 Å². The van der Waals surface area contributed by atoms with Gasteiger partial charge in [-0.05, 0) is 24.0 Å². The topological polar surface area (TPSA) is 85.5 Å². The van der Waals surface area contributed by atoms with E-state index in [1.54, 1.807) is 0 Å². The Kier molecular flexibility index (Phi) is 6.80. The number of halogens is 1. The molecule has 2 aliphatic heterocycles. The minimum Gasteiger partial charge on any atom is -0.416 e. The van der Waals surface area contributed by atoms with E-state index in [0.717, 1.165) is 36.0 Å². The molecule has 10 heteroatoms. The standard InChI is InChI=1S/C19H24ClN3O4S2/c20-17-4-2-1-3-15(17)10-23-6-7-26-16(11-23)12-28-19-22-21-18(27-19)9-14-5-8-29(24,25)13-14/h1-4,14,16H,5-13H2/t14-,16-/m0/s1. The summed E-state index contributed by atoms with van der Waals surface area (Å²) >= 11 is 7.76. The van der Waals surface area contributed by atoms with Gasteiger partial charge in [0.2, 0.25) is 5.89 Å². The van der Waals surface area contributed by atoms with Gasteiger partial charge in [0.25, 0.3) is 5.22 Å². The Morgan fingerprint density at radius 1 is 1.28 bits per heavy atom. The molecule has 0 aliphatic carbocycles. The molecule has 0 bridgehead atoms. The van der Waals surface area contributed by atoms with Crippen molar-refractivity contribution in [2.24, 2.45) is 5.92 Å². The molecule has 2 aliphatic rings. The van der Waals surface area contributed by atoms with Crippen LogP contribution in [0.25, 0.3) is 0 Å². The Labute approximate surface area is 180 Å². The molecule has 2 saturated heterocycles. The molecular formula is C19H24ClN3O4S2. The lowest BCUT2D eigenvalue weighted by atomic mass is 10.1. The van der Waals surface area contributed by atoms with Gasteiger partial charge in [0, 0.05) is 36.8 Å². The molecule has 0 saturated carbocycles. The SMILES string of the molecule is O=S1(=O)CC[C@@H](Cc2nnc(SC[C@@H]3CN(Cc4ccccc4Cl)CCO3)o2)C1. The number of sulfone groups is 1. The van der Waals surface area contributed by atoms with Crippen LogP contribution in [0.2, 0.25) is 5.02 Å². The summed E-state index contributed by atoms with van der Waals surface area (Å²) in [5.41, 5.74) is 1.12. The maximum absolute atomic E-state index is 11.6. The fourth-order valence-corrected chi connectivity index (χ4v) is 6.56.